The Hall–Kier alpha value is -1.71. The maximum Gasteiger partial charge on any atom is 0.255 e. The van der Waals surface area contributed by atoms with Crippen molar-refractivity contribution < 1.29 is 9.90 Å². The summed E-state index contributed by atoms with van der Waals surface area (Å²) in [5, 5.41) is 12.8. The number of nitrogens with one attached hydrogen (secondary N) is 1. The largest absolute Gasteiger partial charge is 0.505 e. The number of carbonyl (C=O) groups is 1. The van der Waals surface area contributed by atoms with Crippen LogP contribution in [0, 0.1) is 11.8 Å². The molecule has 19 heavy (non-hydrogen) atoms. The third kappa shape index (κ3) is 3.19. The predicted molar refractivity (Wildman–Crippen MR) is 76.0 cm³/mol. The molecule has 2 atom stereocenters. The van der Waals surface area contributed by atoms with Crippen molar-refractivity contribution in [2.45, 2.75) is 39.2 Å². The van der Waals surface area contributed by atoms with Crippen molar-refractivity contribution in [2.24, 2.45) is 11.8 Å². The summed E-state index contributed by atoms with van der Waals surface area (Å²) in [6, 6.07) is 5.04. The van der Waals surface area contributed by atoms with Gasteiger partial charge < -0.3 is 16.2 Å². The van der Waals surface area contributed by atoms with Gasteiger partial charge in [0.2, 0.25) is 0 Å². The molecule has 1 aromatic rings. The smallest absolute Gasteiger partial charge is 0.255 e. The van der Waals surface area contributed by atoms with Gasteiger partial charge in [-0.1, -0.05) is 19.9 Å². The predicted octanol–water partition coefficient (Wildman–Crippen LogP) is 2.53. The van der Waals surface area contributed by atoms with Gasteiger partial charge in [0.1, 0.15) is 0 Å². The zero-order chi connectivity index (χ0) is 14.0. The molecule has 2 unspecified atom stereocenters. The number of amides is 1. The van der Waals surface area contributed by atoms with Gasteiger partial charge in [-0.2, -0.15) is 0 Å². The van der Waals surface area contributed by atoms with Crippen molar-refractivity contribution in [1.82, 2.24) is 5.32 Å². The van der Waals surface area contributed by atoms with E-state index in [0.717, 1.165) is 12.8 Å². The van der Waals surface area contributed by atoms with Gasteiger partial charge in [0.25, 0.3) is 5.91 Å². The highest BCUT2D eigenvalue weighted by Crippen LogP contribution is 2.29. The molecule has 0 spiro atoms. The SMILES string of the molecule is CC1CC(C)CC(NC(=O)c2cccc(N)c2O)C1. The lowest BCUT2D eigenvalue weighted by molar-refractivity contribution is 0.0908. The Labute approximate surface area is 114 Å². The average molecular weight is 262 g/mol. The fraction of sp³-hybridized carbons (Fsp3) is 0.533. The van der Waals surface area contributed by atoms with Crippen LogP contribution in [0.3, 0.4) is 0 Å². The number of rotatable bonds is 2. The molecule has 4 N–H and O–H groups in total. The van der Waals surface area contributed by atoms with Crippen LogP contribution in [0.5, 0.6) is 5.75 Å². The standard InChI is InChI=1S/C15H22N2O2/c1-9-6-10(2)8-11(7-9)17-15(19)12-4-3-5-13(16)14(12)18/h3-5,9-11,18H,6-8,16H2,1-2H3,(H,17,19). The van der Waals surface area contributed by atoms with E-state index in [-0.39, 0.29) is 28.9 Å². The van der Waals surface area contributed by atoms with E-state index < -0.39 is 0 Å². The normalized spacial score (nSPS) is 26.9. The zero-order valence-corrected chi connectivity index (χ0v) is 11.5. The summed E-state index contributed by atoms with van der Waals surface area (Å²) in [5.41, 5.74) is 6.10. The van der Waals surface area contributed by atoms with Crippen LogP contribution >= 0.6 is 0 Å². The van der Waals surface area contributed by atoms with Gasteiger partial charge in [-0.3, -0.25) is 4.79 Å². The molecular formula is C15H22N2O2. The summed E-state index contributed by atoms with van der Waals surface area (Å²) in [6.07, 6.45) is 3.22. The first kappa shape index (κ1) is 13.7. The number of anilines is 1. The van der Waals surface area contributed by atoms with Crippen LogP contribution < -0.4 is 11.1 Å². The molecule has 104 valence electrons. The van der Waals surface area contributed by atoms with Crippen molar-refractivity contribution >= 4 is 11.6 Å². The summed E-state index contributed by atoms with van der Waals surface area (Å²) in [6.45, 7) is 4.43. The molecule has 1 fully saturated rings. The number of benzene rings is 1. The maximum absolute atomic E-state index is 12.2. The maximum atomic E-state index is 12.2. The zero-order valence-electron chi connectivity index (χ0n) is 11.5. The van der Waals surface area contributed by atoms with Crippen molar-refractivity contribution in [1.29, 1.82) is 0 Å². The molecule has 1 saturated carbocycles. The van der Waals surface area contributed by atoms with Crippen LogP contribution in [0.15, 0.2) is 18.2 Å². The van der Waals surface area contributed by atoms with Crippen molar-refractivity contribution in [2.75, 3.05) is 5.73 Å². The van der Waals surface area contributed by atoms with E-state index >= 15 is 0 Å². The quantitative estimate of drug-likeness (QED) is 0.566. The average Bonchev–Trinajstić information content (AvgIpc) is 2.31. The highest BCUT2D eigenvalue weighted by Gasteiger charge is 2.26. The first-order valence-electron chi connectivity index (χ1n) is 6.85. The topological polar surface area (TPSA) is 75.4 Å². The van der Waals surface area contributed by atoms with Gasteiger partial charge >= 0.3 is 0 Å². The van der Waals surface area contributed by atoms with Crippen molar-refractivity contribution in [3.05, 3.63) is 23.8 Å². The number of carbonyl (C=O) groups excluding carboxylic acids is 1. The third-order valence-corrected chi connectivity index (χ3v) is 3.83. The Morgan fingerprint density at radius 3 is 2.53 bits per heavy atom. The van der Waals surface area contributed by atoms with Crippen LogP contribution in [0.1, 0.15) is 43.5 Å². The molecule has 1 aliphatic rings. The van der Waals surface area contributed by atoms with E-state index in [1.54, 1.807) is 18.2 Å². The fourth-order valence-corrected chi connectivity index (χ4v) is 3.07. The Balaban J connectivity index is 2.06. The van der Waals surface area contributed by atoms with E-state index in [1.165, 1.54) is 6.42 Å². The summed E-state index contributed by atoms with van der Waals surface area (Å²) >= 11 is 0. The van der Waals surface area contributed by atoms with E-state index in [1.807, 2.05) is 0 Å². The molecule has 0 bridgehead atoms. The molecule has 0 radical (unpaired) electrons. The van der Waals surface area contributed by atoms with Crippen LogP contribution in [0.4, 0.5) is 5.69 Å². The molecule has 2 rings (SSSR count). The molecule has 0 heterocycles. The molecular weight excluding hydrogens is 240 g/mol. The van der Waals surface area contributed by atoms with Gasteiger partial charge in [-0.15, -0.1) is 0 Å². The minimum atomic E-state index is -0.240. The lowest BCUT2D eigenvalue weighted by atomic mass is 9.80. The summed E-state index contributed by atoms with van der Waals surface area (Å²) < 4.78 is 0. The first-order chi connectivity index (χ1) is 8.97. The summed E-state index contributed by atoms with van der Waals surface area (Å²) in [7, 11) is 0. The second-order valence-electron chi connectivity index (χ2n) is 5.83. The van der Waals surface area contributed by atoms with Crippen LogP contribution in [0.2, 0.25) is 0 Å². The van der Waals surface area contributed by atoms with Gasteiger partial charge in [0.05, 0.1) is 11.3 Å². The van der Waals surface area contributed by atoms with Crippen LogP contribution in [0.25, 0.3) is 0 Å². The van der Waals surface area contributed by atoms with E-state index in [0.29, 0.717) is 11.8 Å². The van der Waals surface area contributed by atoms with Gasteiger partial charge in [0, 0.05) is 6.04 Å². The van der Waals surface area contributed by atoms with E-state index in [9.17, 15) is 9.90 Å². The molecule has 1 aromatic carbocycles. The fourth-order valence-electron chi connectivity index (χ4n) is 3.07. The molecule has 1 aliphatic carbocycles. The minimum Gasteiger partial charge on any atom is -0.505 e. The summed E-state index contributed by atoms with van der Waals surface area (Å²) in [5.74, 6) is 0.889. The minimum absolute atomic E-state index is 0.128. The third-order valence-electron chi connectivity index (χ3n) is 3.83. The van der Waals surface area contributed by atoms with Gasteiger partial charge in [-0.05, 0) is 43.2 Å². The molecule has 1 amide bonds. The Morgan fingerprint density at radius 1 is 1.26 bits per heavy atom. The first-order valence-corrected chi connectivity index (χ1v) is 6.85. The lowest BCUT2D eigenvalue weighted by Gasteiger charge is -2.32. The number of nitrogens with two attached hydrogens (primary N) is 1. The molecule has 0 saturated heterocycles. The second kappa shape index (κ2) is 5.51. The Bertz CT molecular complexity index is 463. The number of hydrogen-bond acceptors (Lipinski definition) is 3. The molecule has 0 aromatic heterocycles. The van der Waals surface area contributed by atoms with Gasteiger partial charge in [-0.25, -0.2) is 0 Å². The van der Waals surface area contributed by atoms with Crippen LogP contribution in [-0.2, 0) is 0 Å². The highest BCUT2D eigenvalue weighted by molar-refractivity contribution is 5.98. The number of hydrogen-bond donors (Lipinski definition) is 3. The second-order valence-corrected chi connectivity index (χ2v) is 5.83. The van der Waals surface area contributed by atoms with Gasteiger partial charge in [0.15, 0.2) is 5.75 Å². The lowest BCUT2D eigenvalue weighted by Crippen LogP contribution is -2.40. The van der Waals surface area contributed by atoms with Crippen molar-refractivity contribution in [3.8, 4) is 5.75 Å². The molecule has 4 heteroatoms. The van der Waals surface area contributed by atoms with E-state index in [4.69, 9.17) is 5.73 Å². The van der Waals surface area contributed by atoms with Crippen LogP contribution in [-0.4, -0.2) is 17.1 Å². The monoisotopic (exact) mass is 262 g/mol. The highest BCUT2D eigenvalue weighted by atomic mass is 16.3. The van der Waals surface area contributed by atoms with E-state index in [2.05, 4.69) is 19.2 Å². The Morgan fingerprint density at radius 2 is 1.89 bits per heavy atom. The Kier molecular flexibility index (Phi) is 3.98. The molecule has 4 nitrogen and oxygen atoms in total. The number of nitrogen functional groups attached to an aromatic ring is 1. The number of aromatic hydroxyl groups is 1. The molecule has 0 aliphatic heterocycles. The number of phenolic OH excluding ortho intramolecular Hbond substituents is 1. The van der Waals surface area contributed by atoms with Crippen molar-refractivity contribution in [3.63, 3.8) is 0 Å². The number of phenols is 1. The number of para-hydroxylation sites is 1. The summed E-state index contributed by atoms with van der Waals surface area (Å²) in [4.78, 5) is 12.2.